The molecule has 1 saturated heterocycles. The van der Waals surface area contributed by atoms with E-state index in [2.05, 4.69) is 15.5 Å². The number of carboxylic acid groups (broad SMARTS) is 1. The number of methoxy groups -OCH3 is 1. The first-order valence-electron chi connectivity index (χ1n) is 9.60. The zero-order valence-electron chi connectivity index (χ0n) is 18.2. The Morgan fingerprint density at radius 3 is 2.67 bits per heavy atom. The van der Waals surface area contributed by atoms with E-state index < -0.39 is 47.4 Å². The molecule has 0 spiro atoms. The van der Waals surface area contributed by atoms with Crippen molar-refractivity contribution in [3.8, 4) is 0 Å². The molecule has 1 aromatic heterocycles. The van der Waals surface area contributed by atoms with Crippen molar-refractivity contribution in [2.45, 2.75) is 37.8 Å². The summed E-state index contributed by atoms with van der Waals surface area (Å²) >= 11 is 2.47. The summed E-state index contributed by atoms with van der Waals surface area (Å²) in [5, 5.41) is 16.7. The second-order valence-electron chi connectivity index (χ2n) is 7.82. The fourth-order valence-electron chi connectivity index (χ4n) is 3.01. The van der Waals surface area contributed by atoms with Crippen molar-refractivity contribution in [2.75, 3.05) is 19.5 Å². The largest absolute Gasteiger partial charge is 0.498 e. The Morgan fingerprint density at radius 2 is 2.09 bits per heavy atom. The number of esters is 1. The number of rotatable bonds is 8. The Labute approximate surface area is 196 Å². The molecule has 0 bridgehead atoms. The summed E-state index contributed by atoms with van der Waals surface area (Å²) in [6, 6.07) is -0.982. The molecule has 0 saturated carbocycles. The van der Waals surface area contributed by atoms with Gasteiger partial charge in [0.25, 0.3) is 11.8 Å². The molecule has 3 heterocycles. The van der Waals surface area contributed by atoms with Crippen LogP contribution < -0.4 is 5.32 Å². The number of ether oxygens (including phenoxy) is 2. The lowest BCUT2D eigenvalue weighted by atomic mass is 10.0. The van der Waals surface area contributed by atoms with Crippen LogP contribution in [0.2, 0.25) is 0 Å². The zero-order valence-corrected chi connectivity index (χ0v) is 19.8. The van der Waals surface area contributed by atoms with Gasteiger partial charge < -0.3 is 24.7 Å². The Bertz CT molecular complexity index is 1020. The van der Waals surface area contributed by atoms with Crippen LogP contribution in [0, 0.1) is 0 Å². The molecule has 3 rings (SSSR count). The fourth-order valence-corrected chi connectivity index (χ4v) is 4.86. The maximum absolute atomic E-state index is 12.9. The number of fused-ring (bicyclic) bond motifs is 1. The Kier molecular flexibility index (Phi) is 7.27. The van der Waals surface area contributed by atoms with Gasteiger partial charge in [0.05, 0.1) is 18.4 Å². The van der Waals surface area contributed by atoms with Gasteiger partial charge in [-0.2, -0.15) is 0 Å². The van der Waals surface area contributed by atoms with Crippen molar-refractivity contribution in [3.05, 3.63) is 28.0 Å². The number of hydrogen-bond acceptors (Lipinski definition) is 11. The molecule has 12 nitrogen and oxygen atoms in total. The number of aliphatic carboxylic acids is 1. The molecule has 1 unspecified atom stereocenters. The first-order chi connectivity index (χ1) is 15.5. The van der Waals surface area contributed by atoms with Crippen LogP contribution in [-0.2, 0) is 33.5 Å². The number of oxime groups is 1. The lowest BCUT2D eigenvalue weighted by Gasteiger charge is -2.48. The molecule has 0 aliphatic carbocycles. The number of thiazole rings is 1. The lowest BCUT2D eigenvalue weighted by Crippen LogP contribution is -2.71. The van der Waals surface area contributed by atoms with Crippen molar-refractivity contribution < 1.29 is 38.6 Å². The topological polar surface area (TPSA) is 157 Å². The molecule has 33 heavy (non-hydrogen) atoms. The van der Waals surface area contributed by atoms with Crippen molar-refractivity contribution in [3.63, 3.8) is 0 Å². The number of nitrogens with one attached hydrogen (secondary N) is 1. The minimum Gasteiger partial charge on any atom is -0.498 e. The highest BCUT2D eigenvalue weighted by molar-refractivity contribution is 8.00. The Hall–Kier alpha value is -3.13. The van der Waals surface area contributed by atoms with E-state index in [-0.39, 0.29) is 28.6 Å². The van der Waals surface area contributed by atoms with E-state index in [0.717, 1.165) is 4.90 Å². The fraction of sp³-hybridized carbons (Fsp3) is 0.474. The average Bonchev–Trinajstić information content (AvgIpc) is 3.26. The summed E-state index contributed by atoms with van der Waals surface area (Å²) in [6.07, 6.45) is 0. The van der Waals surface area contributed by atoms with E-state index in [1.54, 1.807) is 26.2 Å². The minimum atomic E-state index is -1.30. The predicted molar refractivity (Wildman–Crippen MR) is 117 cm³/mol. The van der Waals surface area contributed by atoms with E-state index in [0.29, 0.717) is 0 Å². The van der Waals surface area contributed by atoms with Gasteiger partial charge in [-0.05, 0) is 20.8 Å². The average molecular weight is 499 g/mol. The first-order valence-corrected chi connectivity index (χ1v) is 11.6. The number of β-lactam (4-membered cyclic amide) rings is 1. The molecule has 178 valence electrons. The van der Waals surface area contributed by atoms with Crippen molar-refractivity contribution >= 4 is 52.6 Å². The Balaban J connectivity index is 1.71. The van der Waals surface area contributed by atoms with E-state index in [9.17, 15) is 24.3 Å². The second-order valence-corrected chi connectivity index (χ2v) is 9.64. The molecule has 2 N–H and O–H groups in total. The summed E-state index contributed by atoms with van der Waals surface area (Å²) < 4.78 is 10.2. The van der Waals surface area contributed by atoms with Gasteiger partial charge in [-0.1, -0.05) is 5.16 Å². The van der Waals surface area contributed by atoms with Crippen LogP contribution in [0.15, 0.2) is 27.5 Å². The number of amides is 2. The van der Waals surface area contributed by atoms with E-state index in [1.165, 1.54) is 35.7 Å². The van der Waals surface area contributed by atoms with Crippen LogP contribution in [0.3, 0.4) is 0 Å². The third-order valence-electron chi connectivity index (χ3n) is 4.32. The highest BCUT2D eigenvalue weighted by Crippen LogP contribution is 2.40. The molecular formula is C19H22N4O8S2. The molecule has 14 heteroatoms. The monoisotopic (exact) mass is 498 g/mol. The first kappa shape index (κ1) is 24.5. The lowest BCUT2D eigenvalue weighted by molar-refractivity contribution is -0.160. The van der Waals surface area contributed by atoms with Gasteiger partial charge in [0.2, 0.25) is 6.61 Å². The van der Waals surface area contributed by atoms with Crippen LogP contribution in [0.25, 0.3) is 0 Å². The van der Waals surface area contributed by atoms with Gasteiger partial charge in [-0.15, -0.1) is 23.1 Å². The van der Waals surface area contributed by atoms with Crippen LogP contribution in [0.1, 0.15) is 26.5 Å². The molecule has 0 aromatic carbocycles. The highest BCUT2D eigenvalue weighted by Gasteiger charge is 2.55. The summed E-state index contributed by atoms with van der Waals surface area (Å²) in [4.78, 5) is 59.1. The van der Waals surface area contributed by atoms with Crippen LogP contribution in [0.5, 0.6) is 0 Å². The van der Waals surface area contributed by atoms with Gasteiger partial charge in [0, 0.05) is 5.38 Å². The van der Waals surface area contributed by atoms with Crippen molar-refractivity contribution in [1.29, 1.82) is 0 Å². The zero-order chi connectivity index (χ0) is 24.3. The number of carboxylic acids is 1. The van der Waals surface area contributed by atoms with Gasteiger partial charge in [0.15, 0.2) is 11.4 Å². The number of hydrogen-bond donors (Lipinski definition) is 2. The van der Waals surface area contributed by atoms with Gasteiger partial charge >= 0.3 is 11.9 Å². The summed E-state index contributed by atoms with van der Waals surface area (Å²) in [6.45, 7) is 4.57. The van der Waals surface area contributed by atoms with Gasteiger partial charge in [-0.25, -0.2) is 14.6 Å². The maximum atomic E-state index is 12.9. The maximum Gasteiger partial charge on any atom is 0.356 e. The predicted octanol–water partition coefficient (Wildman–Crippen LogP) is 0.548. The number of carbonyl (C=O) groups excluding carboxylic acids is 3. The molecule has 1 fully saturated rings. The third-order valence-corrected chi connectivity index (χ3v) is 6.16. The molecule has 2 atom stereocenters. The summed E-state index contributed by atoms with van der Waals surface area (Å²) in [5.74, 6) is -2.93. The van der Waals surface area contributed by atoms with Crippen LogP contribution >= 0.6 is 23.1 Å². The number of carbonyl (C=O) groups is 4. The van der Waals surface area contributed by atoms with Gasteiger partial charge in [0.1, 0.15) is 28.5 Å². The second kappa shape index (κ2) is 9.79. The minimum absolute atomic E-state index is 0.169. The summed E-state index contributed by atoms with van der Waals surface area (Å²) in [7, 11) is 1.33. The van der Waals surface area contributed by atoms with Crippen molar-refractivity contribution in [2.24, 2.45) is 5.16 Å². The quantitative estimate of drug-likeness (QED) is 0.224. The molecule has 2 aliphatic heterocycles. The van der Waals surface area contributed by atoms with Gasteiger partial charge in [-0.3, -0.25) is 14.5 Å². The molecular weight excluding hydrogens is 476 g/mol. The van der Waals surface area contributed by atoms with Crippen molar-refractivity contribution in [1.82, 2.24) is 15.2 Å². The summed E-state index contributed by atoms with van der Waals surface area (Å²) in [5.41, 5.74) is 0.480. The highest BCUT2D eigenvalue weighted by atomic mass is 32.2. The molecule has 0 radical (unpaired) electrons. The standard InChI is InChI=1S/C19H22N4O8S2/c1-19(2,3)31-11(24)5-30-22-12(9-6-32-8-20-9)15(25)21-13-16(26)23-14(18(27)28)10(29-4)7-33-17(13)23/h6,8,13,17H,5,7H2,1-4H3,(H,21,25)(H,27,28)/t13?,17-/m0/s1. The van der Waals surface area contributed by atoms with Crippen LogP contribution in [-0.4, -0.2) is 80.9 Å². The SMILES string of the molecule is COC1=C(C(=O)O)N2C(=O)C(NC(=O)C(=NOCC(=O)OC(C)(C)C)c3cscn3)[C@@H]2SC1. The smallest absolute Gasteiger partial charge is 0.356 e. The number of nitrogens with zero attached hydrogens (tertiary/aromatic N) is 3. The normalized spacial score (nSPS) is 20.5. The van der Waals surface area contributed by atoms with E-state index in [1.807, 2.05) is 0 Å². The number of aromatic nitrogens is 1. The van der Waals surface area contributed by atoms with Crippen LogP contribution in [0.4, 0.5) is 0 Å². The third kappa shape index (κ3) is 5.45. The van der Waals surface area contributed by atoms with E-state index >= 15 is 0 Å². The number of thioether (sulfide) groups is 1. The Morgan fingerprint density at radius 1 is 1.36 bits per heavy atom. The molecule has 2 aliphatic rings. The molecule has 2 amide bonds. The molecule has 1 aromatic rings. The van der Waals surface area contributed by atoms with E-state index in [4.69, 9.17) is 14.3 Å².